The molecule has 35 heavy (non-hydrogen) atoms. The molecule has 0 saturated carbocycles. The summed E-state index contributed by atoms with van der Waals surface area (Å²) in [6.45, 7) is 3.68. The molecule has 3 aromatic carbocycles. The number of hydrogen-bond acceptors (Lipinski definition) is 4. The summed E-state index contributed by atoms with van der Waals surface area (Å²) in [4.78, 5) is 37.3. The number of amides is 3. The van der Waals surface area contributed by atoms with Gasteiger partial charge in [-0.1, -0.05) is 98.8 Å². The Morgan fingerprint density at radius 3 is 1.91 bits per heavy atom. The van der Waals surface area contributed by atoms with Crippen LogP contribution >= 0.6 is 0 Å². The average molecular weight is 474 g/mol. The minimum atomic E-state index is -0.923. The number of carbonyl (C=O) groups is 3. The summed E-state index contributed by atoms with van der Waals surface area (Å²) < 4.78 is 5.23. The van der Waals surface area contributed by atoms with Gasteiger partial charge in [0.2, 0.25) is 11.8 Å². The van der Waals surface area contributed by atoms with Crippen molar-refractivity contribution in [1.82, 2.24) is 10.6 Å². The maximum Gasteiger partial charge on any atom is 0.408 e. The summed E-state index contributed by atoms with van der Waals surface area (Å²) in [5, 5.41) is 5.28. The Labute approximate surface area is 205 Å². The molecule has 0 spiro atoms. The third-order valence-corrected chi connectivity index (χ3v) is 5.60. The third kappa shape index (κ3) is 7.71. The van der Waals surface area contributed by atoms with Gasteiger partial charge in [-0.15, -0.1) is 0 Å². The number of alkyl carbamates (subject to hydrolysis) is 1. The van der Waals surface area contributed by atoms with Gasteiger partial charge in [0.25, 0.3) is 0 Å². The van der Waals surface area contributed by atoms with Crippen LogP contribution < -0.4 is 16.4 Å². The monoisotopic (exact) mass is 473 g/mol. The minimum absolute atomic E-state index is 0.0853. The topological polar surface area (TPSA) is 111 Å². The first-order valence-corrected chi connectivity index (χ1v) is 11.5. The predicted molar refractivity (Wildman–Crippen MR) is 135 cm³/mol. The van der Waals surface area contributed by atoms with Crippen molar-refractivity contribution < 1.29 is 19.1 Å². The SMILES string of the molecule is CC(C)[C@H](NC(=O)OCc1ccccc1)C(=O)N[C@@H](Cc1ccc(-c2ccccc2)cc1)C(N)=O. The molecule has 182 valence electrons. The Bertz CT molecular complexity index is 1120. The fourth-order valence-corrected chi connectivity index (χ4v) is 3.61. The molecule has 0 bridgehead atoms. The summed E-state index contributed by atoms with van der Waals surface area (Å²) in [7, 11) is 0. The number of hydrogen-bond donors (Lipinski definition) is 3. The van der Waals surface area contributed by atoms with Crippen LogP contribution in [-0.2, 0) is 27.4 Å². The van der Waals surface area contributed by atoms with Crippen molar-refractivity contribution in [1.29, 1.82) is 0 Å². The van der Waals surface area contributed by atoms with E-state index in [1.807, 2.05) is 84.9 Å². The molecule has 3 rings (SSSR count). The first kappa shape index (κ1) is 25.5. The van der Waals surface area contributed by atoms with Crippen LogP contribution in [-0.4, -0.2) is 30.0 Å². The summed E-state index contributed by atoms with van der Waals surface area (Å²) in [6.07, 6.45) is -0.478. The molecule has 4 N–H and O–H groups in total. The molecule has 3 aromatic rings. The quantitative estimate of drug-likeness (QED) is 0.416. The van der Waals surface area contributed by atoms with E-state index in [1.54, 1.807) is 13.8 Å². The van der Waals surface area contributed by atoms with E-state index in [4.69, 9.17) is 10.5 Å². The van der Waals surface area contributed by atoms with Gasteiger partial charge in [0.15, 0.2) is 0 Å². The molecule has 0 aromatic heterocycles. The second-order valence-corrected chi connectivity index (χ2v) is 8.66. The van der Waals surface area contributed by atoms with E-state index in [1.165, 1.54) is 0 Å². The lowest BCUT2D eigenvalue weighted by Crippen LogP contribution is -2.55. The van der Waals surface area contributed by atoms with E-state index >= 15 is 0 Å². The molecule has 0 saturated heterocycles. The van der Waals surface area contributed by atoms with Crippen LogP contribution in [0.25, 0.3) is 11.1 Å². The molecule has 0 aliphatic carbocycles. The van der Waals surface area contributed by atoms with Crippen molar-refractivity contribution in [3.8, 4) is 11.1 Å². The number of nitrogens with two attached hydrogens (primary N) is 1. The summed E-state index contributed by atoms with van der Waals surface area (Å²) in [5.41, 5.74) is 9.40. The van der Waals surface area contributed by atoms with Crippen LogP contribution in [0.15, 0.2) is 84.9 Å². The van der Waals surface area contributed by atoms with Gasteiger partial charge in [0, 0.05) is 6.42 Å². The van der Waals surface area contributed by atoms with Crippen LogP contribution in [0.3, 0.4) is 0 Å². The van der Waals surface area contributed by atoms with Gasteiger partial charge in [0.1, 0.15) is 18.7 Å². The number of primary amides is 1. The molecule has 0 aliphatic rings. The fourth-order valence-electron chi connectivity index (χ4n) is 3.61. The highest BCUT2D eigenvalue weighted by atomic mass is 16.5. The van der Waals surface area contributed by atoms with Crippen molar-refractivity contribution in [2.75, 3.05) is 0 Å². The van der Waals surface area contributed by atoms with Gasteiger partial charge in [-0.3, -0.25) is 9.59 Å². The predicted octanol–water partition coefficient (Wildman–Crippen LogP) is 3.82. The molecule has 0 radical (unpaired) electrons. The molecular weight excluding hydrogens is 442 g/mol. The Morgan fingerprint density at radius 2 is 1.34 bits per heavy atom. The Kier molecular flexibility index (Phi) is 9.01. The smallest absolute Gasteiger partial charge is 0.408 e. The van der Waals surface area contributed by atoms with E-state index in [0.29, 0.717) is 0 Å². The first-order valence-electron chi connectivity index (χ1n) is 11.5. The maximum atomic E-state index is 12.9. The minimum Gasteiger partial charge on any atom is -0.445 e. The lowest BCUT2D eigenvalue weighted by Gasteiger charge is -2.24. The van der Waals surface area contributed by atoms with Crippen LogP contribution in [0.2, 0.25) is 0 Å². The average Bonchev–Trinajstić information content (AvgIpc) is 2.87. The number of rotatable bonds is 10. The summed E-state index contributed by atoms with van der Waals surface area (Å²) in [6, 6.07) is 25.1. The number of nitrogens with one attached hydrogen (secondary N) is 2. The Hall–Kier alpha value is -4.13. The Balaban J connectivity index is 1.60. The largest absolute Gasteiger partial charge is 0.445 e. The Morgan fingerprint density at radius 1 is 0.771 bits per heavy atom. The van der Waals surface area contributed by atoms with E-state index < -0.39 is 30.0 Å². The lowest BCUT2D eigenvalue weighted by atomic mass is 9.99. The van der Waals surface area contributed by atoms with Gasteiger partial charge in [-0.25, -0.2) is 4.79 Å². The highest BCUT2D eigenvalue weighted by molar-refractivity contribution is 5.91. The third-order valence-electron chi connectivity index (χ3n) is 5.60. The molecular formula is C28H31N3O4. The first-order chi connectivity index (χ1) is 16.8. The normalized spacial score (nSPS) is 12.4. The van der Waals surface area contributed by atoms with Gasteiger partial charge >= 0.3 is 6.09 Å². The van der Waals surface area contributed by atoms with Crippen LogP contribution in [0.5, 0.6) is 0 Å². The van der Waals surface area contributed by atoms with Crippen molar-refractivity contribution in [3.63, 3.8) is 0 Å². The van der Waals surface area contributed by atoms with Crippen molar-refractivity contribution in [3.05, 3.63) is 96.1 Å². The molecule has 7 heteroatoms. The zero-order chi connectivity index (χ0) is 25.2. The van der Waals surface area contributed by atoms with E-state index in [2.05, 4.69) is 10.6 Å². The van der Waals surface area contributed by atoms with Gasteiger partial charge < -0.3 is 21.1 Å². The number of benzene rings is 3. The molecule has 2 atom stereocenters. The second-order valence-electron chi connectivity index (χ2n) is 8.66. The second kappa shape index (κ2) is 12.4. The van der Waals surface area contributed by atoms with Gasteiger partial charge in [0.05, 0.1) is 0 Å². The zero-order valence-corrected chi connectivity index (χ0v) is 19.9. The van der Waals surface area contributed by atoms with Crippen LogP contribution in [0.1, 0.15) is 25.0 Å². The lowest BCUT2D eigenvalue weighted by molar-refractivity contribution is -0.129. The van der Waals surface area contributed by atoms with Crippen molar-refractivity contribution in [2.45, 2.75) is 39.0 Å². The molecule has 0 heterocycles. The number of ether oxygens (including phenoxy) is 1. The highest BCUT2D eigenvalue weighted by Gasteiger charge is 2.28. The van der Waals surface area contributed by atoms with Gasteiger partial charge in [-0.05, 0) is 28.2 Å². The van der Waals surface area contributed by atoms with Gasteiger partial charge in [-0.2, -0.15) is 0 Å². The highest BCUT2D eigenvalue weighted by Crippen LogP contribution is 2.20. The molecule has 0 fully saturated rings. The summed E-state index contributed by atoms with van der Waals surface area (Å²) in [5.74, 6) is -1.39. The molecule has 3 amide bonds. The molecule has 0 aliphatic heterocycles. The standard InChI is InChI=1S/C28H31N3O4/c1-19(2)25(31-28(34)35-18-21-9-5-3-6-10-21)27(33)30-24(26(29)32)17-20-13-15-23(16-14-20)22-11-7-4-8-12-22/h3-16,19,24-25H,17-18H2,1-2H3,(H2,29,32)(H,30,33)(H,31,34)/t24-,25-/m0/s1. The zero-order valence-electron chi connectivity index (χ0n) is 19.9. The maximum absolute atomic E-state index is 12.9. The fraction of sp³-hybridized carbons (Fsp3) is 0.250. The van der Waals surface area contributed by atoms with Crippen LogP contribution in [0, 0.1) is 5.92 Å². The van der Waals surface area contributed by atoms with Crippen molar-refractivity contribution >= 4 is 17.9 Å². The summed E-state index contributed by atoms with van der Waals surface area (Å²) >= 11 is 0. The number of carbonyl (C=O) groups excluding carboxylic acids is 3. The molecule has 0 unspecified atom stereocenters. The van der Waals surface area contributed by atoms with Crippen LogP contribution in [0.4, 0.5) is 4.79 Å². The van der Waals surface area contributed by atoms with Crippen molar-refractivity contribution in [2.24, 2.45) is 11.7 Å². The van der Waals surface area contributed by atoms with E-state index in [0.717, 1.165) is 22.3 Å². The van der Waals surface area contributed by atoms with E-state index in [-0.39, 0.29) is 18.9 Å². The van der Waals surface area contributed by atoms with E-state index in [9.17, 15) is 14.4 Å². The molecule has 7 nitrogen and oxygen atoms in total.